The molecule has 3 nitrogen and oxygen atoms in total. The molecule has 0 radical (unpaired) electrons. The maximum Gasteiger partial charge on any atom is 0.136 e. The van der Waals surface area contributed by atoms with Gasteiger partial charge < -0.3 is 13.7 Å². The fourth-order valence-corrected chi connectivity index (χ4v) is 5.83. The van der Waals surface area contributed by atoms with Crippen LogP contribution in [0.1, 0.15) is 0 Å². The van der Waals surface area contributed by atoms with Crippen LogP contribution in [0.15, 0.2) is 126 Å². The van der Waals surface area contributed by atoms with E-state index in [1.165, 1.54) is 38.0 Å². The molecule has 0 spiro atoms. The zero-order chi connectivity index (χ0) is 25.2. The average Bonchev–Trinajstić information content (AvgIpc) is 3.56. The Labute approximate surface area is 219 Å². The molecule has 6 aromatic carbocycles. The van der Waals surface area contributed by atoms with Crippen LogP contribution in [0.4, 0.5) is 0 Å². The molecule has 0 aliphatic carbocycles. The highest BCUT2D eigenvalue weighted by Gasteiger charge is 2.16. The van der Waals surface area contributed by atoms with Crippen LogP contribution in [-0.4, -0.2) is 11.7 Å². The van der Waals surface area contributed by atoms with Crippen molar-refractivity contribution in [2.45, 2.75) is 0 Å². The monoisotopic (exact) mass is 489 g/mol. The second-order valence-corrected chi connectivity index (χ2v) is 9.80. The van der Waals surface area contributed by atoms with Gasteiger partial charge in [-0.1, -0.05) is 48.5 Å². The van der Waals surface area contributed by atoms with Gasteiger partial charge in [-0.25, -0.2) is 0 Å². The predicted octanol–water partition coefficient (Wildman–Crippen LogP) is 9.51. The lowest BCUT2D eigenvalue weighted by Gasteiger charge is -2.13. The maximum absolute atomic E-state index is 6.33. The molecule has 0 saturated carbocycles. The summed E-state index contributed by atoms with van der Waals surface area (Å²) < 4.78 is 14.0. The van der Waals surface area contributed by atoms with E-state index in [9.17, 15) is 0 Å². The van der Waals surface area contributed by atoms with E-state index in [2.05, 4.69) is 102 Å². The van der Waals surface area contributed by atoms with Gasteiger partial charge in [0.1, 0.15) is 16.9 Å². The highest BCUT2D eigenvalue weighted by atomic mass is 16.5. The van der Waals surface area contributed by atoms with Gasteiger partial charge in [0.25, 0.3) is 0 Å². The Morgan fingerprint density at radius 3 is 2.24 bits per heavy atom. The van der Waals surface area contributed by atoms with Gasteiger partial charge in [0.2, 0.25) is 0 Å². The molecule has 0 atom stereocenters. The molecular formula is C35H23NO2. The first-order valence-electron chi connectivity index (χ1n) is 12.8. The van der Waals surface area contributed by atoms with E-state index in [0.29, 0.717) is 0 Å². The van der Waals surface area contributed by atoms with E-state index in [1.54, 1.807) is 7.11 Å². The first kappa shape index (κ1) is 21.1. The predicted molar refractivity (Wildman–Crippen MR) is 158 cm³/mol. The largest absolute Gasteiger partial charge is 0.497 e. The van der Waals surface area contributed by atoms with Crippen LogP contribution >= 0.6 is 0 Å². The molecule has 0 amide bonds. The van der Waals surface area contributed by atoms with Gasteiger partial charge in [0, 0.05) is 28.0 Å². The lowest BCUT2D eigenvalue weighted by molar-refractivity contribution is 0.415. The molecule has 0 unspecified atom stereocenters. The number of hydrogen-bond acceptors (Lipinski definition) is 2. The Morgan fingerprint density at radius 2 is 1.39 bits per heavy atom. The van der Waals surface area contributed by atoms with E-state index in [4.69, 9.17) is 9.15 Å². The first-order chi connectivity index (χ1) is 18.8. The normalized spacial score (nSPS) is 11.8. The Hall–Kier alpha value is -5.02. The maximum atomic E-state index is 6.33. The van der Waals surface area contributed by atoms with Crippen LogP contribution in [0.5, 0.6) is 5.75 Å². The van der Waals surface area contributed by atoms with Crippen molar-refractivity contribution >= 4 is 54.4 Å². The summed E-state index contributed by atoms with van der Waals surface area (Å²) in [5.41, 5.74) is 6.52. The molecular weight excluding hydrogens is 466 g/mol. The van der Waals surface area contributed by atoms with Crippen molar-refractivity contribution in [2.75, 3.05) is 7.11 Å². The fourth-order valence-electron chi connectivity index (χ4n) is 5.83. The summed E-state index contributed by atoms with van der Waals surface area (Å²) >= 11 is 0. The van der Waals surface area contributed by atoms with Gasteiger partial charge >= 0.3 is 0 Å². The van der Waals surface area contributed by atoms with Gasteiger partial charge in [-0.05, 0) is 99.4 Å². The number of fused-ring (bicyclic) bond motifs is 7. The molecule has 0 N–H and O–H groups in total. The zero-order valence-electron chi connectivity index (χ0n) is 20.8. The molecule has 0 bridgehead atoms. The second kappa shape index (κ2) is 7.99. The first-order valence-corrected chi connectivity index (χ1v) is 12.8. The van der Waals surface area contributed by atoms with E-state index in [0.717, 1.165) is 38.9 Å². The topological polar surface area (TPSA) is 27.3 Å². The minimum absolute atomic E-state index is 0.853. The van der Waals surface area contributed by atoms with Crippen LogP contribution in [0.25, 0.3) is 71.2 Å². The summed E-state index contributed by atoms with van der Waals surface area (Å²) in [5.74, 6) is 0.853. The number of rotatable bonds is 3. The van der Waals surface area contributed by atoms with E-state index < -0.39 is 0 Å². The molecule has 180 valence electrons. The molecule has 0 aliphatic heterocycles. The Kier molecular flexibility index (Phi) is 4.44. The number of methoxy groups -OCH3 is 1. The molecule has 2 heterocycles. The van der Waals surface area contributed by atoms with Crippen LogP contribution in [0, 0.1) is 0 Å². The lowest BCUT2D eigenvalue weighted by Crippen LogP contribution is -1.91. The summed E-state index contributed by atoms with van der Waals surface area (Å²) in [6.45, 7) is 0. The number of aromatic nitrogens is 1. The van der Waals surface area contributed by atoms with E-state index in [1.807, 2.05) is 24.3 Å². The van der Waals surface area contributed by atoms with Crippen molar-refractivity contribution in [3.8, 4) is 22.6 Å². The molecule has 8 rings (SSSR count). The van der Waals surface area contributed by atoms with Crippen molar-refractivity contribution in [3.05, 3.63) is 121 Å². The molecule has 0 fully saturated rings. The molecule has 8 aromatic rings. The fraction of sp³-hybridized carbons (Fsp3) is 0.0286. The average molecular weight is 490 g/mol. The summed E-state index contributed by atoms with van der Waals surface area (Å²) in [6.07, 6.45) is 2.16. The summed E-state index contributed by atoms with van der Waals surface area (Å²) in [6, 6.07) is 40.8. The van der Waals surface area contributed by atoms with Crippen molar-refractivity contribution < 1.29 is 9.15 Å². The van der Waals surface area contributed by atoms with Crippen molar-refractivity contribution in [1.82, 2.24) is 4.57 Å². The minimum atomic E-state index is 0.853. The van der Waals surface area contributed by atoms with Crippen LogP contribution in [-0.2, 0) is 0 Å². The number of benzene rings is 6. The van der Waals surface area contributed by atoms with Crippen molar-refractivity contribution in [3.63, 3.8) is 0 Å². The summed E-state index contributed by atoms with van der Waals surface area (Å²) in [7, 11) is 1.70. The third-order valence-electron chi connectivity index (χ3n) is 7.69. The van der Waals surface area contributed by atoms with Crippen LogP contribution < -0.4 is 4.74 Å². The number of furan rings is 1. The SMILES string of the molecule is COc1ccc(-c2cc3cc4ccn(-c5ccccc5)c4cc3c3cc4oc5ccccc5c4cc23)cc1. The van der Waals surface area contributed by atoms with Gasteiger partial charge in [-0.15, -0.1) is 0 Å². The van der Waals surface area contributed by atoms with Crippen molar-refractivity contribution in [2.24, 2.45) is 0 Å². The van der Waals surface area contributed by atoms with Crippen LogP contribution in [0.2, 0.25) is 0 Å². The molecule has 0 aliphatic rings. The van der Waals surface area contributed by atoms with E-state index in [-0.39, 0.29) is 0 Å². The third kappa shape index (κ3) is 3.09. The molecule has 0 saturated heterocycles. The Bertz CT molecular complexity index is 2150. The molecule has 3 heteroatoms. The molecule has 38 heavy (non-hydrogen) atoms. The number of ether oxygens (including phenoxy) is 1. The zero-order valence-corrected chi connectivity index (χ0v) is 20.8. The smallest absolute Gasteiger partial charge is 0.136 e. The van der Waals surface area contributed by atoms with Gasteiger partial charge in [-0.3, -0.25) is 0 Å². The highest BCUT2D eigenvalue weighted by molar-refractivity contribution is 6.21. The third-order valence-corrected chi connectivity index (χ3v) is 7.69. The number of nitrogens with zero attached hydrogens (tertiary/aromatic N) is 1. The van der Waals surface area contributed by atoms with Gasteiger partial charge in [0.15, 0.2) is 0 Å². The number of para-hydroxylation sites is 2. The van der Waals surface area contributed by atoms with Crippen LogP contribution in [0.3, 0.4) is 0 Å². The minimum Gasteiger partial charge on any atom is -0.497 e. The number of hydrogen-bond donors (Lipinski definition) is 0. The van der Waals surface area contributed by atoms with Gasteiger partial charge in [0.05, 0.1) is 12.6 Å². The molecule has 2 aromatic heterocycles. The highest BCUT2D eigenvalue weighted by Crippen LogP contribution is 2.41. The Balaban J connectivity index is 1.50. The Morgan fingerprint density at radius 1 is 0.579 bits per heavy atom. The van der Waals surface area contributed by atoms with Gasteiger partial charge in [-0.2, -0.15) is 0 Å². The van der Waals surface area contributed by atoms with Crippen molar-refractivity contribution in [1.29, 1.82) is 0 Å². The summed E-state index contributed by atoms with van der Waals surface area (Å²) in [4.78, 5) is 0. The summed E-state index contributed by atoms with van der Waals surface area (Å²) in [5, 5.41) is 8.29. The lowest BCUT2D eigenvalue weighted by atomic mass is 9.91. The van der Waals surface area contributed by atoms with E-state index >= 15 is 0 Å². The second-order valence-electron chi connectivity index (χ2n) is 9.80. The standard InChI is InChI=1S/C35H23NO2/c1-37-26-13-11-22(12-14-26)28-18-24-17-23-15-16-36(25-7-3-2-4-8-25)33(23)20-29(24)31-21-35-32(19-30(28)31)27-9-5-6-10-34(27)38-35/h2-21H,1H3. The quantitative estimate of drug-likeness (QED) is 0.231.